The van der Waals surface area contributed by atoms with Crippen LogP contribution < -0.4 is 5.32 Å². The van der Waals surface area contributed by atoms with Crippen molar-refractivity contribution in [2.45, 2.75) is 26.4 Å². The number of carbonyl (C=O) groups excluding carboxylic acids is 1. The first kappa shape index (κ1) is 13.7. The van der Waals surface area contributed by atoms with Gasteiger partial charge in [0.2, 0.25) is 11.7 Å². The summed E-state index contributed by atoms with van der Waals surface area (Å²) in [5.41, 5.74) is 0.845. The van der Waals surface area contributed by atoms with Crippen molar-refractivity contribution in [1.82, 2.24) is 25.5 Å². The summed E-state index contributed by atoms with van der Waals surface area (Å²) in [4.78, 5) is 12.9. The van der Waals surface area contributed by atoms with Crippen molar-refractivity contribution in [3.63, 3.8) is 0 Å². The lowest BCUT2D eigenvalue weighted by atomic mass is 10.2. The smallest absolute Gasteiger partial charge is 0.243 e. The maximum atomic E-state index is 11.6. The molecule has 0 bridgehead atoms. The Kier molecular flexibility index (Phi) is 4.26. The van der Waals surface area contributed by atoms with Crippen LogP contribution in [0.3, 0.4) is 0 Å². The topological polar surface area (TPSA) is 72.7 Å². The van der Waals surface area contributed by atoms with Gasteiger partial charge >= 0.3 is 0 Å². The summed E-state index contributed by atoms with van der Waals surface area (Å²) in [7, 11) is 0. The number of halogens is 1. The van der Waals surface area contributed by atoms with Crippen LogP contribution in [0.2, 0.25) is 0 Å². The molecule has 1 aromatic carbocycles. The fourth-order valence-electron chi connectivity index (χ4n) is 1.56. The van der Waals surface area contributed by atoms with Gasteiger partial charge in [-0.25, -0.2) is 0 Å². The standard InChI is InChI=1S/C12H14BrN5O/c1-8(2)14-11(19)7-18-16-12(15-17-18)9-5-3-4-6-10(9)13/h3-6,8H,7H2,1-2H3,(H,14,19). The number of nitrogens with one attached hydrogen (secondary N) is 1. The van der Waals surface area contributed by atoms with Crippen molar-refractivity contribution in [2.75, 3.05) is 0 Å². The van der Waals surface area contributed by atoms with Gasteiger partial charge in [0.25, 0.3) is 0 Å². The maximum Gasteiger partial charge on any atom is 0.243 e. The summed E-state index contributed by atoms with van der Waals surface area (Å²) in [6.07, 6.45) is 0. The third kappa shape index (κ3) is 3.60. The van der Waals surface area contributed by atoms with Crippen molar-refractivity contribution >= 4 is 21.8 Å². The van der Waals surface area contributed by atoms with Gasteiger partial charge in [-0.05, 0) is 31.2 Å². The second kappa shape index (κ2) is 5.92. The number of carbonyl (C=O) groups is 1. The Hall–Kier alpha value is -1.76. The Morgan fingerprint density at radius 2 is 2.16 bits per heavy atom. The number of hydrogen-bond donors (Lipinski definition) is 1. The molecule has 0 fully saturated rings. The molecule has 1 N–H and O–H groups in total. The number of hydrogen-bond acceptors (Lipinski definition) is 4. The molecule has 0 saturated carbocycles. The SMILES string of the molecule is CC(C)NC(=O)Cn1nnc(-c2ccccc2Br)n1. The second-order valence-corrected chi connectivity index (χ2v) is 5.20. The summed E-state index contributed by atoms with van der Waals surface area (Å²) in [5.74, 6) is 0.357. The lowest BCUT2D eigenvalue weighted by molar-refractivity contribution is -0.122. The first-order chi connectivity index (χ1) is 9.06. The highest BCUT2D eigenvalue weighted by Gasteiger charge is 2.11. The minimum atomic E-state index is -0.133. The first-order valence-corrected chi connectivity index (χ1v) is 6.67. The van der Waals surface area contributed by atoms with Gasteiger partial charge in [-0.1, -0.05) is 28.1 Å². The molecule has 2 rings (SSSR count). The minimum Gasteiger partial charge on any atom is -0.352 e. The van der Waals surface area contributed by atoms with Crippen molar-refractivity contribution in [1.29, 1.82) is 0 Å². The lowest BCUT2D eigenvalue weighted by Crippen LogP contribution is -2.33. The number of tetrazole rings is 1. The average molecular weight is 324 g/mol. The molecule has 6 nitrogen and oxygen atoms in total. The van der Waals surface area contributed by atoms with Crippen LogP contribution in [0.4, 0.5) is 0 Å². The molecule has 0 aliphatic carbocycles. The Morgan fingerprint density at radius 3 is 2.84 bits per heavy atom. The van der Waals surface area contributed by atoms with Crippen LogP contribution in [-0.2, 0) is 11.3 Å². The predicted molar refractivity (Wildman–Crippen MR) is 74.2 cm³/mol. The van der Waals surface area contributed by atoms with Crippen LogP contribution in [0.5, 0.6) is 0 Å². The first-order valence-electron chi connectivity index (χ1n) is 5.88. The number of aromatic nitrogens is 4. The van der Waals surface area contributed by atoms with Crippen molar-refractivity contribution in [3.8, 4) is 11.4 Å². The Balaban J connectivity index is 2.12. The zero-order valence-electron chi connectivity index (χ0n) is 10.7. The van der Waals surface area contributed by atoms with E-state index in [1.165, 1.54) is 4.80 Å². The molecule has 100 valence electrons. The van der Waals surface area contributed by atoms with E-state index in [0.29, 0.717) is 5.82 Å². The van der Waals surface area contributed by atoms with Crippen LogP contribution in [-0.4, -0.2) is 32.2 Å². The summed E-state index contributed by atoms with van der Waals surface area (Å²) in [6.45, 7) is 3.87. The van der Waals surface area contributed by atoms with E-state index in [4.69, 9.17) is 0 Å². The molecule has 7 heteroatoms. The molecule has 2 aromatic rings. The van der Waals surface area contributed by atoms with Crippen LogP contribution in [0.1, 0.15) is 13.8 Å². The quantitative estimate of drug-likeness (QED) is 0.928. The molecule has 0 spiro atoms. The van der Waals surface area contributed by atoms with Crippen LogP contribution in [0.15, 0.2) is 28.7 Å². The molecule has 1 heterocycles. The van der Waals surface area contributed by atoms with E-state index in [0.717, 1.165) is 10.0 Å². The molecular formula is C12H14BrN5O. The Labute approximate surface area is 119 Å². The van der Waals surface area contributed by atoms with Gasteiger partial charge < -0.3 is 5.32 Å². The lowest BCUT2D eigenvalue weighted by Gasteiger charge is -2.06. The van der Waals surface area contributed by atoms with E-state index in [1.54, 1.807) is 0 Å². The van der Waals surface area contributed by atoms with E-state index in [9.17, 15) is 4.79 Å². The van der Waals surface area contributed by atoms with Gasteiger partial charge in [0.05, 0.1) is 0 Å². The molecule has 19 heavy (non-hydrogen) atoms. The average Bonchev–Trinajstić information content (AvgIpc) is 2.76. The molecule has 0 aliphatic heterocycles. The van der Waals surface area contributed by atoms with Gasteiger partial charge in [-0.15, -0.1) is 10.2 Å². The summed E-state index contributed by atoms with van der Waals surface area (Å²) in [6, 6.07) is 7.69. The summed E-state index contributed by atoms with van der Waals surface area (Å²) >= 11 is 3.43. The molecule has 0 atom stereocenters. The van der Waals surface area contributed by atoms with Gasteiger partial charge in [-0.3, -0.25) is 4.79 Å². The third-order valence-corrected chi connectivity index (χ3v) is 2.99. The molecule has 1 amide bonds. The third-order valence-electron chi connectivity index (χ3n) is 2.30. The van der Waals surface area contributed by atoms with E-state index in [2.05, 4.69) is 36.7 Å². The van der Waals surface area contributed by atoms with Crippen molar-refractivity contribution in [2.24, 2.45) is 0 Å². The molecule has 0 unspecified atom stereocenters. The molecule has 0 radical (unpaired) electrons. The second-order valence-electron chi connectivity index (χ2n) is 4.35. The van der Waals surface area contributed by atoms with E-state index in [-0.39, 0.29) is 18.5 Å². The normalized spacial score (nSPS) is 10.7. The predicted octanol–water partition coefficient (Wildman–Crippen LogP) is 1.63. The van der Waals surface area contributed by atoms with Crippen LogP contribution in [0.25, 0.3) is 11.4 Å². The molecule has 0 saturated heterocycles. The molecule has 1 aromatic heterocycles. The highest BCUT2D eigenvalue weighted by atomic mass is 79.9. The van der Waals surface area contributed by atoms with Gasteiger partial charge in [-0.2, -0.15) is 4.80 Å². The number of amides is 1. The summed E-state index contributed by atoms with van der Waals surface area (Å²) < 4.78 is 0.890. The van der Waals surface area contributed by atoms with Crippen LogP contribution in [0, 0.1) is 0 Å². The maximum absolute atomic E-state index is 11.6. The minimum absolute atomic E-state index is 0.0651. The van der Waals surface area contributed by atoms with E-state index in [1.807, 2.05) is 38.1 Å². The fourth-order valence-corrected chi connectivity index (χ4v) is 2.02. The van der Waals surface area contributed by atoms with Gasteiger partial charge in [0.1, 0.15) is 6.54 Å². The number of benzene rings is 1. The van der Waals surface area contributed by atoms with E-state index < -0.39 is 0 Å². The largest absolute Gasteiger partial charge is 0.352 e. The highest BCUT2D eigenvalue weighted by Crippen LogP contribution is 2.23. The highest BCUT2D eigenvalue weighted by molar-refractivity contribution is 9.10. The monoisotopic (exact) mass is 323 g/mol. The number of nitrogens with zero attached hydrogens (tertiary/aromatic N) is 4. The summed E-state index contributed by atoms with van der Waals surface area (Å²) in [5, 5.41) is 14.8. The Morgan fingerprint density at radius 1 is 1.42 bits per heavy atom. The molecular weight excluding hydrogens is 310 g/mol. The van der Waals surface area contributed by atoms with Crippen molar-refractivity contribution in [3.05, 3.63) is 28.7 Å². The number of rotatable bonds is 4. The zero-order valence-corrected chi connectivity index (χ0v) is 12.3. The Bertz CT molecular complexity index is 581. The van der Waals surface area contributed by atoms with Gasteiger partial charge in [0, 0.05) is 16.1 Å². The van der Waals surface area contributed by atoms with E-state index >= 15 is 0 Å². The fraction of sp³-hybridized carbons (Fsp3) is 0.333. The van der Waals surface area contributed by atoms with Crippen molar-refractivity contribution < 1.29 is 4.79 Å². The van der Waals surface area contributed by atoms with Crippen LogP contribution >= 0.6 is 15.9 Å². The zero-order chi connectivity index (χ0) is 13.8. The van der Waals surface area contributed by atoms with Gasteiger partial charge in [0.15, 0.2) is 0 Å². The molecule has 0 aliphatic rings.